The molecule has 0 saturated heterocycles. The Morgan fingerprint density at radius 1 is 0.364 bits per heavy atom. The van der Waals surface area contributed by atoms with Gasteiger partial charge in [-0.05, 0) is 105 Å². The van der Waals surface area contributed by atoms with Crippen LogP contribution in [-0.4, -0.2) is 0 Å². The number of hydrogen-bond acceptors (Lipinski definition) is 3. The monoisotopic (exact) mass is 719 g/mol. The molecule has 55 heavy (non-hydrogen) atoms. The lowest BCUT2D eigenvalue weighted by Gasteiger charge is -2.26. The summed E-state index contributed by atoms with van der Waals surface area (Å²) in [6, 6.07) is 72.2. The van der Waals surface area contributed by atoms with Crippen molar-refractivity contribution in [2.45, 2.75) is 0 Å². The second kappa shape index (κ2) is 12.9. The van der Waals surface area contributed by atoms with Crippen molar-refractivity contribution in [3.05, 3.63) is 200 Å². The molecule has 2 nitrogen and oxygen atoms in total. The van der Waals surface area contributed by atoms with E-state index in [4.69, 9.17) is 4.42 Å². The molecule has 0 saturated carbocycles. The lowest BCUT2D eigenvalue weighted by atomic mass is 9.98. The van der Waals surface area contributed by atoms with Gasteiger partial charge in [-0.25, -0.2) is 0 Å². The van der Waals surface area contributed by atoms with E-state index in [-0.39, 0.29) is 0 Å². The van der Waals surface area contributed by atoms with Gasteiger partial charge in [0.1, 0.15) is 11.2 Å². The number of rotatable bonds is 6. The zero-order chi connectivity index (χ0) is 36.3. The van der Waals surface area contributed by atoms with Gasteiger partial charge in [0.25, 0.3) is 0 Å². The first-order valence-corrected chi connectivity index (χ1v) is 19.5. The zero-order valence-corrected chi connectivity index (χ0v) is 30.6. The molecule has 0 bridgehead atoms. The second-order valence-electron chi connectivity index (χ2n) is 14.1. The van der Waals surface area contributed by atoms with Crippen LogP contribution in [0.3, 0.4) is 0 Å². The fourth-order valence-electron chi connectivity index (χ4n) is 8.18. The van der Waals surface area contributed by atoms with E-state index in [1.54, 1.807) is 0 Å². The fourth-order valence-corrected chi connectivity index (χ4v) is 9.42. The molecule has 0 fully saturated rings. The predicted molar refractivity (Wildman–Crippen MR) is 235 cm³/mol. The van der Waals surface area contributed by atoms with E-state index in [9.17, 15) is 0 Å². The maximum atomic E-state index is 6.17. The minimum absolute atomic E-state index is 0.923. The molecule has 0 amide bonds. The molecular weight excluding hydrogens is 687 g/mol. The molecule has 0 aliphatic rings. The average Bonchev–Trinajstić information content (AvgIpc) is 3.84. The van der Waals surface area contributed by atoms with Gasteiger partial charge in [0.05, 0.1) is 0 Å². The Hall–Kier alpha value is -6.94. The number of nitrogens with zero attached hydrogens (tertiary/aromatic N) is 1. The Morgan fingerprint density at radius 3 is 1.69 bits per heavy atom. The molecule has 11 rings (SSSR count). The highest BCUT2D eigenvalue weighted by Crippen LogP contribution is 2.42. The highest BCUT2D eigenvalue weighted by molar-refractivity contribution is 7.26. The summed E-state index contributed by atoms with van der Waals surface area (Å²) in [6.45, 7) is 0. The van der Waals surface area contributed by atoms with Crippen LogP contribution >= 0.6 is 11.3 Å². The van der Waals surface area contributed by atoms with Crippen molar-refractivity contribution in [1.29, 1.82) is 0 Å². The van der Waals surface area contributed by atoms with Gasteiger partial charge >= 0.3 is 0 Å². The van der Waals surface area contributed by atoms with Gasteiger partial charge in [-0.3, -0.25) is 0 Å². The van der Waals surface area contributed by atoms with E-state index in [2.05, 4.69) is 193 Å². The van der Waals surface area contributed by atoms with E-state index in [0.717, 1.165) is 33.6 Å². The van der Waals surface area contributed by atoms with Crippen LogP contribution in [0.25, 0.3) is 86.3 Å². The zero-order valence-electron chi connectivity index (χ0n) is 29.8. The van der Waals surface area contributed by atoms with Crippen LogP contribution in [-0.2, 0) is 0 Å². The third kappa shape index (κ3) is 5.40. The Bertz CT molecular complexity index is 3170. The van der Waals surface area contributed by atoms with Gasteiger partial charge in [0.15, 0.2) is 0 Å². The van der Waals surface area contributed by atoms with E-state index in [1.165, 1.54) is 69.7 Å². The van der Waals surface area contributed by atoms with Crippen LogP contribution < -0.4 is 4.90 Å². The van der Waals surface area contributed by atoms with Gasteiger partial charge in [-0.15, -0.1) is 11.3 Å². The van der Waals surface area contributed by atoms with Gasteiger partial charge in [0, 0.05) is 48.0 Å². The molecule has 2 heterocycles. The third-order valence-corrected chi connectivity index (χ3v) is 12.1. The summed E-state index contributed by atoms with van der Waals surface area (Å²) in [5.41, 5.74) is 12.4. The molecule has 0 N–H and O–H groups in total. The van der Waals surface area contributed by atoms with E-state index in [0.29, 0.717) is 0 Å². The first-order valence-electron chi connectivity index (χ1n) is 18.7. The molecule has 258 valence electrons. The van der Waals surface area contributed by atoms with E-state index < -0.39 is 0 Å². The number of para-hydroxylation sites is 1. The molecular formula is C52H33NOS. The Kier molecular flexibility index (Phi) is 7.39. The summed E-state index contributed by atoms with van der Waals surface area (Å²) < 4.78 is 8.82. The van der Waals surface area contributed by atoms with Gasteiger partial charge in [-0.2, -0.15) is 0 Å². The molecule has 0 spiro atoms. The molecule has 0 unspecified atom stereocenters. The summed E-state index contributed by atoms with van der Waals surface area (Å²) >= 11 is 1.87. The minimum Gasteiger partial charge on any atom is -0.456 e. The maximum absolute atomic E-state index is 6.17. The molecule has 0 aliphatic carbocycles. The summed E-state index contributed by atoms with van der Waals surface area (Å²) in [4.78, 5) is 2.35. The molecule has 0 radical (unpaired) electrons. The molecule has 0 aliphatic heterocycles. The molecule has 3 heteroatoms. The predicted octanol–water partition coefficient (Wildman–Crippen LogP) is 15.6. The molecule has 2 aromatic heterocycles. The largest absolute Gasteiger partial charge is 0.456 e. The topological polar surface area (TPSA) is 16.4 Å². The number of benzene rings is 9. The number of thiophene rings is 1. The number of furan rings is 1. The van der Waals surface area contributed by atoms with Crippen LogP contribution in [0, 0.1) is 0 Å². The van der Waals surface area contributed by atoms with Crippen LogP contribution in [0.4, 0.5) is 17.1 Å². The summed E-state index contributed by atoms with van der Waals surface area (Å²) in [6.07, 6.45) is 0. The standard InChI is InChI=1S/C52H33NOS/c1-2-9-34(10-3-1)35-17-25-40(26-18-35)53(42-29-21-37(22-30-42)44-13-8-14-46-45-11-5-7-16-50(45)55-52(44)46)41-27-19-36(20-28-41)38-23-31-43-39(33-38)24-32-49-51(43)47-12-4-6-15-48(47)54-49/h1-33H. The maximum Gasteiger partial charge on any atom is 0.136 e. The second-order valence-corrected chi connectivity index (χ2v) is 15.1. The quantitative estimate of drug-likeness (QED) is 0.170. The molecule has 11 aromatic rings. The Balaban J connectivity index is 0.974. The first-order chi connectivity index (χ1) is 27.2. The number of fused-ring (bicyclic) bond motifs is 8. The highest BCUT2D eigenvalue weighted by Gasteiger charge is 2.16. The Labute approximate surface area is 322 Å². The van der Waals surface area contributed by atoms with Crippen molar-refractivity contribution in [3.8, 4) is 33.4 Å². The highest BCUT2D eigenvalue weighted by atomic mass is 32.1. The average molecular weight is 720 g/mol. The first kappa shape index (κ1) is 31.6. The smallest absolute Gasteiger partial charge is 0.136 e. The lowest BCUT2D eigenvalue weighted by Crippen LogP contribution is -2.09. The van der Waals surface area contributed by atoms with Crippen molar-refractivity contribution in [3.63, 3.8) is 0 Å². The van der Waals surface area contributed by atoms with Crippen molar-refractivity contribution < 1.29 is 4.42 Å². The van der Waals surface area contributed by atoms with Crippen molar-refractivity contribution >= 4 is 81.3 Å². The summed E-state index contributed by atoms with van der Waals surface area (Å²) in [7, 11) is 0. The van der Waals surface area contributed by atoms with Crippen LogP contribution in [0.2, 0.25) is 0 Å². The third-order valence-electron chi connectivity index (χ3n) is 10.9. The van der Waals surface area contributed by atoms with Gasteiger partial charge < -0.3 is 9.32 Å². The lowest BCUT2D eigenvalue weighted by molar-refractivity contribution is 0.669. The van der Waals surface area contributed by atoms with Crippen LogP contribution in [0.1, 0.15) is 0 Å². The molecule has 0 atom stereocenters. The van der Waals surface area contributed by atoms with E-state index in [1.807, 2.05) is 23.5 Å². The fraction of sp³-hybridized carbons (Fsp3) is 0. The summed E-state index contributed by atoms with van der Waals surface area (Å²) in [5, 5.41) is 7.38. The number of hydrogen-bond donors (Lipinski definition) is 0. The molecule has 9 aromatic carbocycles. The van der Waals surface area contributed by atoms with Crippen LogP contribution in [0.15, 0.2) is 205 Å². The van der Waals surface area contributed by atoms with Crippen molar-refractivity contribution in [2.75, 3.05) is 4.90 Å². The van der Waals surface area contributed by atoms with Gasteiger partial charge in [0.2, 0.25) is 0 Å². The normalized spacial score (nSPS) is 11.6. The van der Waals surface area contributed by atoms with E-state index >= 15 is 0 Å². The Morgan fingerprint density at radius 2 is 0.945 bits per heavy atom. The van der Waals surface area contributed by atoms with Gasteiger partial charge in [-0.1, -0.05) is 140 Å². The number of anilines is 3. The van der Waals surface area contributed by atoms with Crippen molar-refractivity contribution in [1.82, 2.24) is 0 Å². The SMILES string of the molecule is c1ccc(-c2ccc(N(c3ccc(-c4ccc5c(ccc6oc7ccccc7c65)c4)cc3)c3ccc(-c4cccc5c4sc4ccccc45)cc3)cc2)cc1. The van der Waals surface area contributed by atoms with Crippen molar-refractivity contribution in [2.24, 2.45) is 0 Å². The summed E-state index contributed by atoms with van der Waals surface area (Å²) in [5.74, 6) is 0. The minimum atomic E-state index is 0.923. The van der Waals surface area contributed by atoms with Crippen LogP contribution in [0.5, 0.6) is 0 Å².